The zero-order chi connectivity index (χ0) is 21.6. The molecule has 154 valence electrons. The molecule has 1 amide bonds. The number of hydrogen-bond donors (Lipinski definition) is 1. The van der Waals surface area contributed by atoms with E-state index in [0.717, 1.165) is 27.9 Å². The number of benzene rings is 2. The van der Waals surface area contributed by atoms with Crippen molar-refractivity contribution in [3.05, 3.63) is 94.2 Å². The van der Waals surface area contributed by atoms with Gasteiger partial charge in [0.15, 0.2) is 4.87 Å². The maximum atomic E-state index is 13.3. The molecule has 5 rings (SSSR count). The summed E-state index contributed by atoms with van der Waals surface area (Å²) in [6, 6.07) is 16.9. The third-order valence-electron chi connectivity index (χ3n) is 5.79. The van der Waals surface area contributed by atoms with Gasteiger partial charge in [-0.2, -0.15) is 5.10 Å². The molecular weight excluding hydrogens is 412 g/mol. The third-order valence-corrected chi connectivity index (χ3v) is 6.42. The number of carbonyl (C=O) groups excluding carboxylic acids is 1. The Bertz CT molecular complexity index is 1380. The summed E-state index contributed by atoms with van der Waals surface area (Å²) < 4.78 is 0. The number of aromatic amines is 1. The van der Waals surface area contributed by atoms with Crippen LogP contribution in [0.2, 0.25) is 0 Å². The van der Waals surface area contributed by atoms with Crippen LogP contribution in [0.5, 0.6) is 0 Å². The van der Waals surface area contributed by atoms with E-state index >= 15 is 0 Å². The van der Waals surface area contributed by atoms with Crippen LogP contribution in [-0.4, -0.2) is 21.1 Å². The summed E-state index contributed by atoms with van der Waals surface area (Å²) in [6.45, 7) is 1.91. The molecule has 0 saturated carbocycles. The molecule has 1 unspecified atom stereocenters. The van der Waals surface area contributed by atoms with Crippen molar-refractivity contribution in [3.8, 4) is 0 Å². The summed E-state index contributed by atoms with van der Waals surface area (Å²) in [5.41, 5.74) is 3.63. The molecule has 0 bridgehead atoms. The predicted octanol–water partition coefficient (Wildman–Crippen LogP) is 4.43. The number of aromatic nitrogens is 3. The number of rotatable bonds is 4. The van der Waals surface area contributed by atoms with Crippen molar-refractivity contribution in [2.24, 2.45) is 0 Å². The van der Waals surface area contributed by atoms with Crippen molar-refractivity contribution >= 4 is 39.7 Å². The molecule has 0 fully saturated rings. The number of halogens is 1. The molecule has 6 nitrogen and oxygen atoms in total. The van der Waals surface area contributed by atoms with Gasteiger partial charge in [-0.25, -0.2) is 5.10 Å². The minimum atomic E-state index is -1.08. The van der Waals surface area contributed by atoms with Crippen LogP contribution in [-0.2, 0) is 16.1 Å². The number of carbonyl (C=O) groups is 1. The van der Waals surface area contributed by atoms with Crippen molar-refractivity contribution in [2.45, 2.75) is 24.6 Å². The number of para-hydroxylation sites is 1. The molecule has 0 saturated heterocycles. The molecule has 1 aliphatic heterocycles. The van der Waals surface area contributed by atoms with Crippen molar-refractivity contribution in [1.29, 1.82) is 0 Å². The average Bonchev–Trinajstić information content (AvgIpc) is 3.03. The normalized spacial score (nSPS) is 17.9. The summed E-state index contributed by atoms with van der Waals surface area (Å²) in [4.78, 5) is 30.3. The average molecular weight is 431 g/mol. The van der Waals surface area contributed by atoms with Gasteiger partial charge in [0.25, 0.3) is 11.5 Å². The van der Waals surface area contributed by atoms with Crippen molar-refractivity contribution < 1.29 is 4.79 Å². The second-order valence-electron chi connectivity index (χ2n) is 7.59. The van der Waals surface area contributed by atoms with E-state index in [0.29, 0.717) is 23.9 Å². The van der Waals surface area contributed by atoms with Gasteiger partial charge < -0.3 is 0 Å². The first-order chi connectivity index (χ1) is 15.0. The SMILES string of the molecule is CCC1(Cl)C(=O)N(c2cncc(Cc3n[nH]c(=O)c4ccccc34)c2)c2ccccc21. The summed E-state index contributed by atoms with van der Waals surface area (Å²) in [6.07, 6.45) is 4.35. The topological polar surface area (TPSA) is 79.0 Å². The van der Waals surface area contributed by atoms with Gasteiger partial charge in [0.05, 0.1) is 28.7 Å². The summed E-state index contributed by atoms with van der Waals surface area (Å²) in [7, 11) is 0. The van der Waals surface area contributed by atoms with Crippen LogP contribution in [0.3, 0.4) is 0 Å². The van der Waals surface area contributed by atoms with Crippen LogP contribution in [0.25, 0.3) is 10.8 Å². The fourth-order valence-corrected chi connectivity index (χ4v) is 4.44. The quantitative estimate of drug-likeness (QED) is 0.486. The van der Waals surface area contributed by atoms with Gasteiger partial charge in [0.2, 0.25) is 0 Å². The molecule has 1 N–H and O–H groups in total. The molecule has 0 radical (unpaired) electrons. The second kappa shape index (κ2) is 7.32. The molecule has 0 spiro atoms. The Balaban J connectivity index is 1.56. The molecule has 31 heavy (non-hydrogen) atoms. The highest BCUT2D eigenvalue weighted by Crippen LogP contribution is 2.49. The number of hydrogen-bond acceptors (Lipinski definition) is 4. The summed E-state index contributed by atoms with van der Waals surface area (Å²) in [5, 5.41) is 8.20. The Morgan fingerprint density at radius 1 is 1.03 bits per heavy atom. The summed E-state index contributed by atoms with van der Waals surface area (Å²) >= 11 is 6.78. The lowest BCUT2D eigenvalue weighted by atomic mass is 9.97. The van der Waals surface area contributed by atoms with E-state index in [9.17, 15) is 9.59 Å². The van der Waals surface area contributed by atoms with E-state index in [1.165, 1.54) is 0 Å². The number of nitrogens with zero attached hydrogens (tertiary/aromatic N) is 3. The van der Waals surface area contributed by atoms with Gasteiger partial charge in [-0.3, -0.25) is 19.5 Å². The Morgan fingerprint density at radius 2 is 1.77 bits per heavy atom. The molecule has 4 aromatic rings. The van der Waals surface area contributed by atoms with E-state index in [4.69, 9.17) is 11.6 Å². The van der Waals surface area contributed by atoms with E-state index in [1.807, 2.05) is 55.5 Å². The van der Waals surface area contributed by atoms with E-state index in [-0.39, 0.29) is 11.5 Å². The minimum Gasteiger partial charge on any atom is -0.277 e. The molecule has 2 aromatic heterocycles. The molecule has 7 heteroatoms. The first-order valence-corrected chi connectivity index (χ1v) is 10.4. The van der Waals surface area contributed by atoms with Gasteiger partial charge in [-0.15, -0.1) is 11.6 Å². The van der Waals surface area contributed by atoms with Gasteiger partial charge in [-0.1, -0.05) is 43.3 Å². The first-order valence-electron chi connectivity index (χ1n) is 10.1. The number of nitrogens with one attached hydrogen (secondary N) is 1. The molecule has 2 aromatic carbocycles. The number of H-pyrrole nitrogens is 1. The lowest BCUT2D eigenvalue weighted by Crippen LogP contribution is -2.33. The van der Waals surface area contributed by atoms with E-state index < -0.39 is 4.87 Å². The van der Waals surface area contributed by atoms with Crippen molar-refractivity contribution in [2.75, 3.05) is 4.90 Å². The number of alkyl halides is 1. The predicted molar refractivity (Wildman–Crippen MR) is 121 cm³/mol. The fourth-order valence-electron chi connectivity index (χ4n) is 4.20. The van der Waals surface area contributed by atoms with Crippen molar-refractivity contribution in [1.82, 2.24) is 15.2 Å². The van der Waals surface area contributed by atoms with Crippen LogP contribution < -0.4 is 10.5 Å². The standard InChI is InChI=1S/C24H19ClN4O2/c1-2-24(25)19-9-5-6-10-21(19)29(23(24)31)16-11-15(13-26-14-16)12-20-17-7-3-4-8-18(17)22(30)28-27-20/h3-11,13-14H,2,12H2,1H3,(H,28,30). The summed E-state index contributed by atoms with van der Waals surface area (Å²) in [5.74, 6) is -0.176. The number of fused-ring (bicyclic) bond motifs is 2. The molecular formula is C24H19ClN4O2. The Morgan fingerprint density at radius 3 is 2.58 bits per heavy atom. The number of pyridine rings is 1. The maximum Gasteiger partial charge on any atom is 0.272 e. The third kappa shape index (κ3) is 3.02. The Kier molecular flexibility index (Phi) is 4.59. The maximum absolute atomic E-state index is 13.3. The lowest BCUT2D eigenvalue weighted by molar-refractivity contribution is -0.120. The minimum absolute atomic E-state index is 0.176. The largest absolute Gasteiger partial charge is 0.277 e. The van der Waals surface area contributed by atoms with Crippen LogP contribution in [0.15, 0.2) is 71.8 Å². The van der Waals surface area contributed by atoms with Crippen LogP contribution >= 0.6 is 11.6 Å². The van der Waals surface area contributed by atoms with Crippen molar-refractivity contribution in [3.63, 3.8) is 0 Å². The highest BCUT2D eigenvalue weighted by Gasteiger charge is 2.49. The van der Waals surface area contributed by atoms with E-state index in [2.05, 4.69) is 15.2 Å². The molecule has 3 heterocycles. The number of anilines is 2. The van der Waals surface area contributed by atoms with Crippen LogP contribution in [0.4, 0.5) is 11.4 Å². The smallest absolute Gasteiger partial charge is 0.272 e. The highest BCUT2D eigenvalue weighted by atomic mass is 35.5. The van der Waals surface area contributed by atoms with Gasteiger partial charge >= 0.3 is 0 Å². The Hall–Kier alpha value is -3.51. The monoisotopic (exact) mass is 430 g/mol. The van der Waals surface area contributed by atoms with Crippen LogP contribution in [0, 0.1) is 0 Å². The van der Waals surface area contributed by atoms with Gasteiger partial charge in [0.1, 0.15) is 0 Å². The fraction of sp³-hybridized carbons (Fsp3) is 0.167. The molecule has 1 atom stereocenters. The Labute approximate surface area is 183 Å². The second-order valence-corrected chi connectivity index (χ2v) is 8.23. The first kappa shape index (κ1) is 19.5. The highest BCUT2D eigenvalue weighted by molar-refractivity contribution is 6.40. The zero-order valence-electron chi connectivity index (χ0n) is 16.8. The lowest BCUT2D eigenvalue weighted by Gasteiger charge is -2.21. The van der Waals surface area contributed by atoms with Gasteiger partial charge in [-0.05, 0) is 30.2 Å². The van der Waals surface area contributed by atoms with Gasteiger partial charge in [0, 0.05) is 23.6 Å². The zero-order valence-corrected chi connectivity index (χ0v) is 17.6. The van der Waals surface area contributed by atoms with Crippen LogP contribution in [0.1, 0.15) is 30.2 Å². The number of amides is 1. The van der Waals surface area contributed by atoms with E-state index in [1.54, 1.807) is 23.4 Å². The molecule has 0 aliphatic carbocycles. The molecule has 1 aliphatic rings.